The zero-order valence-electron chi connectivity index (χ0n) is 10.5. The van der Waals surface area contributed by atoms with Crippen molar-refractivity contribution in [2.45, 2.75) is 30.5 Å². The van der Waals surface area contributed by atoms with E-state index in [0.29, 0.717) is 21.8 Å². The summed E-state index contributed by atoms with van der Waals surface area (Å²) in [6, 6.07) is 4.55. The lowest BCUT2D eigenvalue weighted by Gasteiger charge is -2.25. The van der Waals surface area contributed by atoms with E-state index in [0.717, 1.165) is 25.7 Å². The van der Waals surface area contributed by atoms with E-state index >= 15 is 0 Å². The Bertz CT molecular complexity index is 439. The third-order valence-electron chi connectivity index (χ3n) is 3.52. The maximum atomic E-state index is 13.6. The summed E-state index contributed by atoms with van der Waals surface area (Å²) in [5, 5.41) is 2.84. The number of benzene rings is 1. The first-order valence-electron chi connectivity index (χ1n) is 6.44. The van der Waals surface area contributed by atoms with Gasteiger partial charge < -0.3 is 5.32 Å². The topological polar surface area (TPSA) is 29.1 Å². The molecule has 0 unspecified atom stereocenters. The molecule has 0 atom stereocenters. The highest BCUT2D eigenvalue weighted by atomic mass is 79.9. The van der Waals surface area contributed by atoms with Gasteiger partial charge in [-0.05, 0) is 59.7 Å². The summed E-state index contributed by atoms with van der Waals surface area (Å²) in [4.78, 5) is 12.6. The molecule has 2 rings (SSSR count). The van der Waals surface area contributed by atoms with Crippen LogP contribution < -0.4 is 5.32 Å². The molecule has 19 heavy (non-hydrogen) atoms. The second-order valence-electron chi connectivity index (χ2n) is 4.92. The lowest BCUT2D eigenvalue weighted by Crippen LogP contribution is -2.32. The number of carbonyl (C=O) groups is 1. The molecule has 1 aliphatic rings. The van der Waals surface area contributed by atoms with E-state index in [1.165, 1.54) is 6.07 Å². The van der Waals surface area contributed by atoms with Crippen molar-refractivity contribution in [1.82, 2.24) is 5.32 Å². The van der Waals surface area contributed by atoms with Gasteiger partial charge in [0.05, 0.1) is 5.56 Å². The Morgan fingerprint density at radius 2 is 2.00 bits per heavy atom. The Hall–Kier alpha value is -0.420. The van der Waals surface area contributed by atoms with Gasteiger partial charge in [-0.25, -0.2) is 4.39 Å². The molecule has 5 heteroatoms. The number of hydrogen-bond donors (Lipinski definition) is 1. The highest BCUT2D eigenvalue weighted by molar-refractivity contribution is 9.10. The number of nitrogens with one attached hydrogen (secondary N) is 1. The van der Waals surface area contributed by atoms with Crippen LogP contribution in [0.5, 0.6) is 0 Å². The van der Waals surface area contributed by atoms with Gasteiger partial charge in [0.1, 0.15) is 5.82 Å². The molecule has 0 heterocycles. The molecular formula is C14H16Br2FNO. The Kier molecular flexibility index (Phi) is 5.39. The largest absolute Gasteiger partial charge is 0.352 e. The molecule has 0 radical (unpaired) electrons. The second-order valence-corrected chi connectivity index (χ2v) is 7.07. The van der Waals surface area contributed by atoms with Crippen molar-refractivity contribution in [3.63, 3.8) is 0 Å². The molecule has 1 aromatic carbocycles. The van der Waals surface area contributed by atoms with E-state index < -0.39 is 5.82 Å². The van der Waals surface area contributed by atoms with Crippen LogP contribution >= 0.6 is 31.9 Å². The molecule has 104 valence electrons. The normalized spacial score (nSPS) is 23.1. The predicted octanol–water partition coefficient (Wildman–Crippen LogP) is 4.27. The highest BCUT2D eigenvalue weighted by Crippen LogP contribution is 2.28. The fourth-order valence-electron chi connectivity index (χ4n) is 2.37. The van der Waals surface area contributed by atoms with Crippen LogP contribution in [0.4, 0.5) is 4.39 Å². The number of rotatable bonds is 3. The van der Waals surface area contributed by atoms with E-state index in [4.69, 9.17) is 0 Å². The maximum Gasteiger partial charge on any atom is 0.255 e. The maximum absolute atomic E-state index is 13.6. The van der Waals surface area contributed by atoms with Gasteiger partial charge in [-0.15, -0.1) is 0 Å². The van der Waals surface area contributed by atoms with Gasteiger partial charge >= 0.3 is 0 Å². The number of amides is 1. The van der Waals surface area contributed by atoms with Crippen LogP contribution in [0.15, 0.2) is 22.7 Å². The van der Waals surface area contributed by atoms with Gasteiger partial charge in [0.25, 0.3) is 5.91 Å². The van der Waals surface area contributed by atoms with Crippen LogP contribution in [-0.2, 0) is 0 Å². The molecule has 1 N–H and O–H groups in total. The van der Waals surface area contributed by atoms with Crippen LogP contribution in [-0.4, -0.2) is 17.3 Å². The van der Waals surface area contributed by atoms with Crippen molar-refractivity contribution in [2.24, 2.45) is 5.92 Å². The van der Waals surface area contributed by atoms with Crippen LogP contribution in [0.2, 0.25) is 0 Å². The molecule has 1 fully saturated rings. The fraction of sp³-hybridized carbons (Fsp3) is 0.500. The summed E-state index contributed by atoms with van der Waals surface area (Å²) in [6.45, 7) is 0.624. The molecule has 0 bridgehead atoms. The van der Waals surface area contributed by atoms with E-state index in [1.807, 2.05) is 0 Å². The van der Waals surface area contributed by atoms with Gasteiger partial charge in [-0.2, -0.15) is 0 Å². The molecule has 2 nitrogen and oxygen atoms in total. The van der Waals surface area contributed by atoms with E-state index in [-0.39, 0.29) is 11.5 Å². The summed E-state index contributed by atoms with van der Waals surface area (Å²) >= 11 is 6.82. The minimum atomic E-state index is -0.490. The Morgan fingerprint density at radius 1 is 1.32 bits per heavy atom. The molecule has 1 aromatic rings. The number of halogens is 3. The first kappa shape index (κ1) is 15.0. The molecular weight excluding hydrogens is 377 g/mol. The summed E-state index contributed by atoms with van der Waals surface area (Å²) in [5.74, 6) is -0.328. The van der Waals surface area contributed by atoms with Crippen molar-refractivity contribution in [3.05, 3.63) is 34.1 Å². The van der Waals surface area contributed by atoms with Gasteiger partial charge in [0, 0.05) is 15.8 Å². The van der Waals surface area contributed by atoms with Gasteiger partial charge in [0.2, 0.25) is 0 Å². The summed E-state index contributed by atoms with van der Waals surface area (Å²) < 4.78 is 14.1. The molecule has 1 aliphatic carbocycles. The Morgan fingerprint density at radius 3 is 2.63 bits per heavy atom. The van der Waals surface area contributed by atoms with Crippen molar-refractivity contribution >= 4 is 37.8 Å². The quantitative estimate of drug-likeness (QED) is 0.764. The molecule has 0 saturated heterocycles. The van der Waals surface area contributed by atoms with Crippen LogP contribution in [0, 0.1) is 11.7 Å². The molecule has 0 aliphatic heterocycles. The highest BCUT2D eigenvalue weighted by Gasteiger charge is 2.21. The SMILES string of the molecule is O=C(NCC1CCC(Br)CC1)c1c(F)cccc1Br. The summed E-state index contributed by atoms with van der Waals surface area (Å²) in [5.41, 5.74) is 0.0941. The summed E-state index contributed by atoms with van der Waals surface area (Å²) in [7, 11) is 0. The van der Waals surface area contributed by atoms with Crippen molar-refractivity contribution < 1.29 is 9.18 Å². The third kappa shape index (κ3) is 4.02. The summed E-state index contributed by atoms with van der Waals surface area (Å²) in [6.07, 6.45) is 4.50. The minimum Gasteiger partial charge on any atom is -0.352 e. The first-order valence-corrected chi connectivity index (χ1v) is 8.15. The zero-order chi connectivity index (χ0) is 13.8. The fourth-order valence-corrected chi connectivity index (χ4v) is 3.42. The van der Waals surface area contributed by atoms with Crippen LogP contribution in [0.3, 0.4) is 0 Å². The molecule has 1 saturated carbocycles. The predicted molar refractivity (Wildman–Crippen MR) is 81.1 cm³/mol. The van der Waals surface area contributed by atoms with E-state index in [2.05, 4.69) is 37.2 Å². The van der Waals surface area contributed by atoms with Crippen molar-refractivity contribution in [1.29, 1.82) is 0 Å². The third-order valence-corrected chi connectivity index (χ3v) is 5.09. The lowest BCUT2D eigenvalue weighted by molar-refractivity contribution is 0.0939. The Balaban J connectivity index is 1.91. The minimum absolute atomic E-state index is 0.0941. The van der Waals surface area contributed by atoms with Gasteiger partial charge in [-0.3, -0.25) is 4.79 Å². The number of hydrogen-bond acceptors (Lipinski definition) is 1. The van der Waals surface area contributed by atoms with E-state index in [9.17, 15) is 9.18 Å². The zero-order valence-corrected chi connectivity index (χ0v) is 13.6. The average molecular weight is 393 g/mol. The van der Waals surface area contributed by atoms with Gasteiger partial charge in [0.15, 0.2) is 0 Å². The Labute approximate surface area is 129 Å². The van der Waals surface area contributed by atoms with E-state index in [1.54, 1.807) is 12.1 Å². The number of alkyl halides is 1. The second kappa shape index (κ2) is 6.84. The lowest BCUT2D eigenvalue weighted by atomic mass is 9.89. The first-order chi connectivity index (χ1) is 9.08. The standard InChI is InChI=1S/C14H16Br2FNO/c15-10-6-4-9(5-7-10)8-18-14(19)13-11(16)2-1-3-12(13)17/h1-3,9-10H,4-8H2,(H,18,19). The smallest absolute Gasteiger partial charge is 0.255 e. The van der Waals surface area contributed by atoms with Crippen LogP contribution in [0.1, 0.15) is 36.0 Å². The van der Waals surface area contributed by atoms with Crippen molar-refractivity contribution in [2.75, 3.05) is 6.54 Å². The monoisotopic (exact) mass is 391 g/mol. The average Bonchev–Trinajstić information content (AvgIpc) is 2.38. The molecule has 1 amide bonds. The number of carbonyl (C=O) groups excluding carboxylic acids is 1. The van der Waals surface area contributed by atoms with Crippen LogP contribution in [0.25, 0.3) is 0 Å². The molecule has 0 aromatic heterocycles. The van der Waals surface area contributed by atoms with Crippen molar-refractivity contribution in [3.8, 4) is 0 Å². The molecule has 0 spiro atoms. The van der Waals surface area contributed by atoms with Gasteiger partial charge in [-0.1, -0.05) is 22.0 Å².